The van der Waals surface area contributed by atoms with Gasteiger partial charge in [0, 0.05) is 5.92 Å². The van der Waals surface area contributed by atoms with Crippen molar-refractivity contribution in [3.8, 4) is 11.5 Å². The predicted molar refractivity (Wildman–Crippen MR) is 142 cm³/mol. The second-order valence-electron chi connectivity index (χ2n) is 8.51. The van der Waals surface area contributed by atoms with Crippen LogP contribution in [0.25, 0.3) is 6.08 Å². The first-order chi connectivity index (χ1) is 16.9. The van der Waals surface area contributed by atoms with Crippen LogP contribution in [0.1, 0.15) is 43.4 Å². The lowest BCUT2D eigenvalue weighted by Crippen LogP contribution is -2.35. The van der Waals surface area contributed by atoms with E-state index in [9.17, 15) is 4.79 Å². The van der Waals surface area contributed by atoms with Crippen LogP contribution in [-0.4, -0.2) is 40.2 Å². The first kappa shape index (κ1) is 24.7. The van der Waals surface area contributed by atoms with Gasteiger partial charge in [0.2, 0.25) is 5.17 Å². The van der Waals surface area contributed by atoms with E-state index < -0.39 is 5.91 Å². The number of carbonyl (C=O) groups excluding carboxylic acids is 1. The summed E-state index contributed by atoms with van der Waals surface area (Å²) < 4.78 is 11.6. The normalized spacial score (nSPS) is 16.5. The molecule has 2 aliphatic heterocycles. The molecule has 0 fully saturated rings. The molecule has 7 nitrogen and oxygen atoms in total. The highest BCUT2D eigenvalue weighted by atomic mass is 32.2. The number of nitrogens with one attached hydrogen (secondary N) is 1. The zero-order valence-corrected chi connectivity index (χ0v) is 21.3. The molecule has 0 aromatic heterocycles. The lowest BCUT2D eigenvalue weighted by Gasteiger charge is -2.20. The molecule has 182 valence electrons. The topological polar surface area (TPSA) is 87.3 Å². The minimum absolute atomic E-state index is 0.0531. The van der Waals surface area contributed by atoms with Crippen LogP contribution in [0.15, 0.2) is 58.1 Å². The van der Waals surface area contributed by atoms with Crippen molar-refractivity contribution in [2.24, 2.45) is 16.0 Å². The van der Waals surface area contributed by atoms with Crippen LogP contribution in [0.2, 0.25) is 0 Å². The van der Waals surface area contributed by atoms with Crippen molar-refractivity contribution in [2.75, 3.05) is 13.2 Å². The summed E-state index contributed by atoms with van der Waals surface area (Å²) in [5, 5.41) is 16.0. The molecule has 0 bridgehead atoms. The van der Waals surface area contributed by atoms with E-state index >= 15 is 0 Å². The van der Waals surface area contributed by atoms with Crippen LogP contribution < -0.4 is 9.47 Å². The summed E-state index contributed by atoms with van der Waals surface area (Å²) in [7, 11) is 0. The average Bonchev–Trinajstić information content (AvgIpc) is 3.26. The van der Waals surface area contributed by atoms with Crippen LogP contribution >= 0.6 is 11.8 Å². The molecule has 2 heterocycles. The number of ether oxygens (including phenoxy) is 2. The molecule has 2 aromatic rings. The van der Waals surface area contributed by atoms with E-state index in [2.05, 4.69) is 36.9 Å². The number of hydrogen-bond donors (Lipinski definition) is 1. The lowest BCUT2D eigenvalue weighted by atomic mass is 10.1. The number of carbonyl (C=O) groups is 1. The standard InChI is InChI=1S/C27H30N4O3S/c1-5-20(6-2)26-30-31-24(28)22(25(32)29-27(31)35-26)16-19-8-10-21(11-9-19)33-13-14-34-23-12-7-17(3)15-18(23)4/h7-12,15-16,20,28H,5-6,13-14H2,1-4H3/b22-16+,28-24?. The number of aliphatic imine (C=N–C) groups is 1. The highest BCUT2D eigenvalue weighted by Gasteiger charge is 2.37. The van der Waals surface area contributed by atoms with Gasteiger partial charge < -0.3 is 9.47 Å². The van der Waals surface area contributed by atoms with Crippen LogP contribution in [0.4, 0.5) is 0 Å². The maximum atomic E-state index is 12.6. The van der Waals surface area contributed by atoms with Crippen molar-refractivity contribution in [2.45, 2.75) is 40.5 Å². The summed E-state index contributed by atoms with van der Waals surface area (Å²) >= 11 is 1.39. The van der Waals surface area contributed by atoms with Crippen LogP contribution in [0, 0.1) is 25.2 Å². The summed E-state index contributed by atoms with van der Waals surface area (Å²) in [4.78, 5) is 16.8. The fraction of sp³-hybridized carbons (Fsp3) is 0.333. The Kier molecular flexibility index (Phi) is 7.70. The van der Waals surface area contributed by atoms with Gasteiger partial charge in [-0.15, -0.1) is 0 Å². The number of thioether (sulfide) groups is 1. The molecule has 1 amide bonds. The average molecular weight is 491 g/mol. The van der Waals surface area contributed by atoms with E-state index in [-0.39, 0.29) is 11.4 Å². The monoisotopic (exact) mass is 490 g/mol. The van der Waals surface area contributed by atoms with Gasteiger partial charge in [-0.2, -0.15) is 15.1 Å². The van der Waals surface area contributed by atoms with E-state index in [4.69, 9.17) is 14.9 Å². The third-order valence-corrected chi connectivity index (χ3v) is 7.01. The molecular weight excluding hydrogens is 460 g/mol. The number of benzene rings is 2. The van der Waals surface area contributed by atoms with E-state index in [0.29, 0.717) is 30.0 Å². The molecule has 0 saturated heterocycles. The Morgan fingerprint density at radius 1 is 1.06 bits per heavy atom. The first-order valence-electron chi connectivity index (χ1n) is 11.8. The van der Waals surface area contributed by atoms with Gasteiger partial charge in [-0.05, 0) is 73.9 Å². The van der Waals surface area contributed by atoms with Crippen molar-refractivity contribution >= 4 is 39.8 Å². The molecule has 0 unspecified atom stereocenters. The van der Waals surface area contributed by atoms with E-state index in [0.717, 1.165) is 34.8 Å². The Bertz CT molecular complexity index is 1210. The van der Waals surface area contributed by atoms with E-state index in [1.807, 2.05) is 43.3 Å². The van der Waals surface area contributed by atoms with Gasteiger partial charge >= 0.3 is 0 Å². The van der Waals surface area contributed by atoms with Crippen molar-refractivity contribution in [3.05, 3.63) is 64.7 Å². The van der Waals surface area contributed by atoms with Gasteiger partial charge in [-0.1, -0.05) is 43.7 Å². The highest BCUT2D eigenvalue weighted by molar-refractivity contribution is 8.27. The predicted octanol–water partition coefficient (Wildman–Crippen LogP) is 5.82. The summed E-state index contributed by atoms with van der Waals surface area (Å²) in [6.45, 7) is 9.17. The van der Waals surface area contributed by atoms with Gasteiger partial charge in [0.05, 0.1) is 5.57 Å². The van der Waals surface area contributed by atoms with Crippen molar-refractivity contribution in [1.82, 2.24) is 5.01 Å². The van der Waals surface area contributed by atoms with Crippen molar-refractivity contribution < 1.29 is 14.3 Å². The third-order valence-electron chi connectivity index (χ3n) is 5.94. The fourth-order valence-electron chi connectivity index (χ4n) is 3.91. The van der Waals surface area contributed by atoms with Gasteiger partial charge in [-0.25, -0.2) is 0 Å². The molecule has 0 saturated carbocycles. The van der Waals surface area contributed by atoms with Crippen molar-refractivity contribution in [1.29, 1.82) is 5.41 Å². The first-order valence-corrected chi connectivity index (χ1v) is 12.6. The Labute approximate surface area is 210 Å². The minimum atomic E-state index is -0.418. The van der Waals surface area contributed by atoms with Crippen LogP contribution in [0.3, 0.4) is 0 Å². The summed E-state index contributed by atoms with van der Waals surface area (Å²) in [5.41, 5.74) is 3.31. The number of nitrogens with zero attached hydrogens (tertiary/aromatic N) is 3. The van der Waals surface area contributed by atoms with E-state index in [1.165, 1.54) is 22.3 Å². The molecule has 1 N–H and O–H groups in total. The molecule has 0 atom stereocenters. The maximum Gasteiger partial charge on any atom is 0.283 e. The smallest absolute Gasteiger partial charge is 0.283 e. The quantitative estimate of drug-likeness (QED) is 0.354. The lowest BCUT2D eigenvalue weighted by molar-refractivity contribution is -0.114. The summed E-state index contributed by atoms with van der Waals surface area (Å²) in [6.07, 6.45) is 3.59. The Morgan fingerprint density at radius 3 is 2.46 bits per heavy atom. The molecule has 2 aliphatic rings. The fourth-order valence-corrected chi connectivity index (χ4v) is 5.07. The molecule has 8 heteroatoms. The van der Waals surface area contributed by atoms with Crippen molar-refractivity contribution in [3.63, 3.8) is 0 Å². The molecular formula is C27H30N4O3S. The largest absolute Gasteiger partial charge is 0.490 e. The molecule has 4 rings (SSSR count). The van der Waals surface area contributed by atoms with Gasteiger partial charge in [0.1, 0.15) is 29.8 Å². The zero-order chi connectivity index (χ0) is 24.9. The summed E-state index contributed by atoms with van der Waals surface area (Å²) in [5.74, 6) is 1.51. The maximum absolute atomic E-state index is 12.6. The SMILES string of the molecule is CCC(CC)C1=NN2C(=N)/C(=C\c3ccc(OCCOc4ccc(C)cc4C)cc3)C(=O)N=C2S1. The molecule has 0 aliphatic carbocycles. The highest BCUT2D eigenvalue weighted by Crippen LogP contribution is 2.33. The summed E-state index contributed by atoms with van der Waals surface area (Å²) in [6, 6.07) is 13.5. The zero-order valence-electron chi connectivity index (χ0n) is 20.5. The number of hydrazone groups is 1. The number of fused-ring (bicyclic) bond motifs is 1. The van der Waals surface area contributed by atoms with Gasteiger partial charge in [-0.3, -0.25) is 10.2 Å². The Hall–Kier alpha value is -3.39. The number of hydrogen-bond acceptors (Lipinski definition) is 6. The van der Waals surface area contributed by atoms with Crippen LogP contribution in [-0.2, 0) is 4.79 Å². The van der Waals surface area contributed by atoms with Gasteiger partial charge in [0.15, 0.2) is 5.84 Å². The number of amidine groups is 2. The second kappa shape index (κ2) is 10.9. The second-order valence-corrected chi connectivity index (χ2v) is 9.49. The number of aryl methyl sites for hydroxylation is 2. The Morgan fingerprint density at radius 2 is 1.77 bits per heavy atom. The minimum Gasteiger partial charge on any atom is -0.490 e. The molecule has 0 radical (unpaired) electrons. The third kappa shape index (κ3) is 5.65. The molecule has 0 spiro atoms. The molecule has 2 aromatic carbocycles. The van der Waals surface area contributed by atoms with Gasteiger partial charge in [0.25, 0.3) is 5.91 Å². The van der Waals surface area contributed by atoms with Crippen LogP contribution in [0.5, 0.6) is 11.5 Å². The Balaban J connectivity index is 1.37. The van der Waals surface area contributed by atoms with E-state index in [1.54, 1.807) is 6.08 Å². The number of rotatable bonds is 9. The number of amides is 1. The molecule has 35 heavy (non-hydrogen) atoms.